The Morgan fingerprint density at radius 1 is 1.06 bits per heavy atom. The van der Waals surface area contributed by atoms with Crippen molar-refractivity contribution in [2.75, 3.05) is 13.7 Å². The van der Waals surface area contributed by atoms with E-state index in [9.17, 15) is 19.2 Å². The van der Waals surface area contributed by atoms with E-state index in [1.54, 1.807) is 0 Å². The van der Waals surface area contributed by atoms with Gasteiger partial charge in [-0.25, -0.2) is 4.79 Å². The molecule has 5 N–H and O–H groups in total. The van der Waals surface area contributed by atoms with E-state index in [0.717, 1.165) is 12.8 Å². The Balaban J connectivity index is 0.0000102. The second-order valence-electron chi connectivity index (χ2n) is 7.45. The number of hydrogen-bond acceptors (Lipinski definition) is 6. The van der Waals surface area contributed by atoms with Crippen LogP contribution in [0, 0.1) is 3.57 Å². The number of halogens is 2. The van der Waals surface area contributed by atoms with Crippen molar-refractivity contribution in [2.45, 2.75) is 63.5 Å². The summed E-state index contributed by atoms with van der Waals surface area (Å²) in [6.45, 7) is 0.475. The first-order chi connectivity index (χ1) is 15.2. The van der Waals surface area contributed by atoms with Gasteiger partial charge in [-0.3, -0.25) is 14.4 Å². The molecule has 2 atom stereocenters. The number of esters is 1. The molecule has 0 heterocycles. The first-order valence-electron chi connectivity index (χ1n) is 10.6. The minimum atomic E-state index is -1.05. The number of ether oxygens (including phenoxy) is 1. The number of carboxylic acid groups (broad SMARTS) is 1. The average Bonchev–Trinajstić information content (AvgIpc) is 2.76. The molecule has 0 radical (unpaired) electrons. The summed E-state index contributed by atoms with van der Waals surface area (Å²) >= 11 is 2.25. The Kier molecular flexibility index (Phi) is 16.5. The van der Waals surface area contributed by atoms with Gasteiger partial charge in [0.05, 0.1) is 13.2 Å². The molecule has 0 spiro atoms. The number of nitrogens with one attached hydrogen (secondary N) is 2. The number of rotatable bonds is 15. The summed E-state index contributed by atoms with van der Waals surface area (Å²) < 4.78 is 5.89. The third-order valence-electron chi connectivity index (χ3n) is 4.83. The normalized spacial score (nSPS) is 12.1. The molecule has 2 unspecified atom stereocenters. The third-order valence-corrected chi connectivity index (χ3v) is 5.55. The predicted octanol–water partition coefficient (Wildman–Crippen LogP) is 2.17. The largest absolute Gasteiger partial charge is 0.481 e. The van der Waals surface area contributed by atoms with Crippen LogP contribution >= 0.6 is 35.0 Å². The number of nitrogens with two attached hydrogens (primary N) is 1. The molecular weight excluding hydrogens is 565 g/mol. The van der Waals surface area contributed by atoms with Crippen molar-refractivity contribution in [3.63, 3.8) is 0 Å². The van der Waals surface area contributed by atoms with Gasteiger partial charge in [-0.2, -0.15) is 0 Å². The van der Waals surface area contributed by atoms with Crippen molar-refractivity contribution >= 4 is 58.8 Å². The summed E-state index contributed by atoms with van der Waals surface area (Å²) in [6.07, 6.45) is 3.34. The molecule has 2 amide bonds. The van der Waals surface area contributed by atoms with E-state index in [1.807, 2.05) is 12.1 Å². The van der Waals surface area contributed by atoms with E-state index >= 15 is 0 Å². The molecule has 1 rings (SSSR count). The van der Waals surface area contributed by atoms with Gasteiger partial charge in [-0.05, 0) is 78.8 Å². The molecule has 0 bridgehead atoms. The molecule has 9 nitrogen and oxygen atoms in total. The van der Waals surface area contributed by atoms with Crippen LogP contribution in [0.25, 0.3) is 0 Å². The molecule has 0 aromatic heterocycles. The highest BCUT2D eigenvalue weighted by molar-refractivity contribution is 14.1. The summed E-state index contributed by atoms with van der Waals surface area (Å²) in [6, 6.07) is 6.34. The average molecular weight is 598 g/mol. The quantitative estimate of drug-likeness (QED) is 0.138. The van der Waals surface area contributed by atoms with Crippen LogP contribution in [0.1, 0.15) is 50.5 Å². The van der Waals surface area contributed by atoms with E-state index in [1.165, 1.54) is 16.2 Å². The monoisotopic (exact) mass is 597 g/mol. The molecule has 0 aliphatic heterocycles. The number of aliphatic carboxylic acids is 1. The van der Waals surface area contributed by atoms with Gasteiger partial charge in [0.2, 0.25) is 11.8 Å². The zero-order valence-electron chi connectivity index (χ0n) is 18.7. The summed E-state index contributed by atoms with van der Waals surface area (Å²) in [7, 11) is 1.22. The van der Waals surface area contributed by atoms with Crippen molar-refractivity contribution in [2.24, 2.45) is 5.73 Å². The number of carbonyl (C=O) groups excluding carboxylic acids is 3. The van der Waals surface area contributed by atoms with E-state index in [4.69, 9.17) is 15.6 Å². The van der Waals surface area contributed by atoms with E-state index in [-0.39, 0.29) is 31.2 Å². The first-order valence-corrected chi connectivity index (χ1v) is 11.7. The predicted molar refractivity (Wildman–Crippen MR) is 135 cm³/mol. The van der Waals surface area contributed by atoms with Gasteiger partial charge in [-0.1, -0.05) is 12.1 Å². The van der Waals surface area contributed by atoms with Gasteiger partial charge in [0, 0.05) is 23.0 Å². The summed E-state index contributed by atoms with van der Waals surface area (Å²) in [5.41, 5.74) is 6.88. The molecule has 1 aromatic rings. The number of methoxy groups -OCH3 is 1. The third kappa shape index (κ3) is 14.1. The smallest absolute Gasteiger partial charge is 0.328 e. The maximum absolute atomic E-state index is 12.1. The standard InChI is InChI=1S/C22H32IN3O6.ClH/c1-32-22(31)18(26-21(30)17(24)12-13-20(28)29)6-2-3-14-25-19(27)7-4-5-15-8-10-16(23)11-9-15;/h8-11,17-18H,2-7,12-14,24H2,1H3,(H,25,27)(H,26,30)(H,28,29);1H. The van der Waals surface area contributed by atoms with Crippen LogP contribution in [0.3, 0.4) is 0 Å². The number of hydrogen-bond donors (Lipinski definition) is 4. The molecular formula is C22H33ClIN3O6. The Hall–Kier alpha value is -1.92. The minimum absolute atomic E-state index is 0. The number of aryl methyl sites for hydroxylation is 1. The molecule has 1 aromatic carbocycles. The fraction of sp³-hybridized carbons (Fsp3) is 0.545. The highest BCUT2D eigenvalue weighted by atomic mass is 127. The zero-order chi connectivity index (χ0) is 23.9. The van der Waals surface area contributed by atoms with Gasteiger partial charge >= 0.3 is 11.9 Å². The molecule has 0 aliphatic carbocycles. The Morgan fingerprint density at radius 2 is 1.73 bits per heavy atom. The second-order valence-corrected chi connectivity index (χ2v) is 8.69. The molecule has 0 saturated carbocycles. The lowest BCUT2D eigenvalue weighted by molar-refractivity contribution is -0.145. The van der Waals surface area contributed by atoms with Gasteiger partial charge in [-0.15, -0.1) is 12.4 Å². The van der Waals surface area contributed by atoms with Gasteiger partial charge in [0.1, 0.15) is 6.04 Å². The fourth-order valence-corrected chi connectivity index (χ4v) is 3.33. The van der Waals surface area contributed by atoms with E-state index in [0.29, 0.717) is 32.2 Å². The van der Waals surface area contributed by atoms with Crippen LogP contribution in [0.15, 0.2) is 24.3 Å². The Bertz CT molecular complexity index is 763. The number of amides is 2. The van der Waals surface area contributed by atoms with E-state index in [2.05, 4.69) is 45.4 Å². The molecule has 0 saturated heterocycles. The SMILES string of the molecule is COC(=O)C(CCCCNC(=O)CCCc1ccc(I)cc1)NC(=O)C(N)CCC(=O)O.Cl. The van der Waals surface area contributed by atoms with Crippen LogP contribution in [-0.4, -0.2) is 54.6 Å². The van der Waals surface area contributed by atoms with Gasteiger partial charge in [0.25, 0.3) is 0 Å². The highest BCUT2D eigenvalue weighted by Gasteiger charge is 2.24. The lowest BCUT2D eigenvalue weighted by atomic mass is 10.1. The number of unbranched alkanes of at least 4 members (excludes halogenated alkanes) is 1. The van der Waals surface area contributed by atoms with Crippen molar-refractivity contribution < 1.29 is 29.0 Å². The molecule has 11 heteroatoms. The molecule has 186 valence electrons. The number of benzene rings is 1. The number of carbonyl (C=O) groups is 4. The zero-order valence-corrected chi connectivity index (χ0v) is 21.7. The van der Waals surface area contributed by atoms with E-state index < -0.39 is 29.9 Å². The maximum Gasteiger partial charge on any atom is 0.328 e. The molecule has 33 heavy (non-hydrogen) atoms. The lowest BCUT2D eigenvalue weighted by Gasteiger charge is -2.19. The number of carboxylic acids is 1. The van der Waals surface area contributed by atoms with Crippen LogP contribution in [-0.2, 0) is 30.3 Å². The van der Waals surface area contributed by atoms with Crippen LogP contribution < -0.4 is 16.4 Å². The van der Waals surface area contributed by atoms with Crippen molar-refractivity contribution in [1.29, 1.82) is 0 Å². The Morgan fingerprint density at radius 3 is 2.33 bits per heavy atom. The Labute approximate surface area is 214 Å². The summed E-state index contributed by atoms with van der Waals surface area (Å²) in [5, 5.41) is 14.1. The van der Waals surface area contributed by atoms with Gasteiger partial charge in [0.15, 0.2) is 0 Å². The van der Waals surface area contributed by atoms with Crippen molar-refractivity contribution in [3.8, 4) is 0 Å². The molecule has 0 aliphatic rings. The van der Waals surface area contributed by atoms with Crippen LogP contribution in [0.2, 0.25) is 0 Å². The first kappa shape index (κ1) is 31.1. The topological polar surface area (TPSA) is 148 Å². The lowest BCUT2D eigenvalue weighted by Crippen LogP contribution is -2.48. The van der Waals surface area contributed by atoms with Crippen molar-refractivity contribution in [3.05, 3.63) is 33.4 Å². The summed E-state index contributed by atoms with van der Waals surface area (Å²) in [4.78, 5) is 46.6. The molecule has 0 fully saturated rings. The van der Waals surface area contributed by atoms with Crippen LogP contribution in [0.5, 0.6) is 0 Å². The minimum Gasteiger partial charge on any atom is -0.481 e. The maximum atomic E-state index is 12.1. The van der Waals surface area contributed by atoms with Crippen LogP contribution in [0.4, 0.5) is 0 Å². The highest BCUT2D eigenvalue weighted by Crippen LogP contribution is 2.10. The summed E-state index contributed by atoms with van der Waals surface area (Å²) in [5.74, 6) is -2.25. The second kappa shape index (κ2) is 17.5. The van der Waals surface area contributed by atoms with Gasteiger partial charge < -0.3 is 26.2 Å². The fourth-order valence-electron chi connectivity index (χ4n) is 2.97. The van der Waals surface area contributed by atoms with Crippen molar-refractivity contribution in [1.82, 2.24) is 10.6 Å².